The first kappa shape index (κ1) is 12.7. The zero-order chi connectivity index (χ0) is 12.4. The van der Waals surface area contributed by atoms with Gasteiger partial charge in [0.25, 0.3) is 0 Å². The Morgan fingerprint density at radius 1 is 1.47 bits per heavy atom. The molecule has 0 aliphatic carbocycles. The van der Waals surface area contributed by atoms with E-state index in [2.05, 4.69) is 18.7 Å². The molecule has 2 rings (SSSR count). The molecule has 1 atom stereocenters. The van der Waals surface area contributed by atoms with Gasteiger partial charge in [-0.2, -0.15) is 0 Å². The topological polar surface area (TPSA) is 12.5 Å². The van der Waals surface area contributed by atoms with E-state index in [1.165, 1.54) is 6.07 Å². The molecule has 0 bridgehead atoms. The third kappa shape index (κ3) is 2.90. The van der Waals surface area contributed by atoms with Gasteiger partial charge >= 0.3 is 0 Å². The molecule has 2 nitrogen and oxygen atoms in total. The minimum absolute atomic E-state index is 0.169. The van der Waals surface area contributed by atoms with Gasteiger partial charge in [0.2, 0.25) is 0 Å². The van der Waals surface area contributed by atoms with Crippen LogP contribution in [0.3, 0.4) is 0 Å². The molecule has 0 spiro atoms. The molecule has 0 N–H and O–H groups in total. The van der Waals surface area contributed by atoms with Crippen LogP contribution < -0.4 is 4.90 Å². The van der Waals surface area contributed by atoms with Gasteiger partial charge in [0.1, 0.15) is 5.82 Å². The van der Waals surface area contributed by atoms with Gasteiger partial charge in [-0.05, 0) is 24.1 Å². The summed E-state index contributed by atoms with van der Waals surface area (Å²) in [5, 5.41) is 0.169. The molecule has 1 saturated heterocycles. The lowest BCUT2D eigenvalue weighted by Crippen LogP contribution is -2.44. The standard InChI is InChI=1S/C13H17ClFNO/c1-9(2)13-8-16(5-6-17-13)10-3-4-11(14)12(15)7-10/h3-4,7,9,13H,5-6,8H2,1-2H3. The molecule has 1 unspecified atom stereocenters. The van der Waals surface area contributed by atoms with E-state index in [-0.39, 0.29) is 16.9 Å². The van der Waals surface area contributed by atoms with E-state index in [4.69, 9.17) is 16.3 Å². The molecule has 1 heterocycles. The lowest BCUT2D eigenvalue weighted by molar-refractivity contribution is 0.0114. The van der Waals surface area contributed by atoms with E-state index < -0.39 is 0 Å². The summed E-state index contributed by atoms with van der Waals surface area (Å²) in [5.74, 6) is 0.103. The number of anilines is 1. The Morgan fingerprint density at radius 2 is 2.24 bits per heavy atom. The molecule has 0 saturated carbocycles. The zero-order valence-corrected chi connectivity index (χ0v) is 10.9. The van der Waals surface area contributed by atoms with Crippen molar-refractivity contribution in [1.82, 2.24) is 0 Å². The summed E-state index contributed by atoms with van der Waals surface area (Å²) in [7, 11) is 0. The highest BCUT2D eigenvalue weighted by Gasteiger charge is 2.23. The van der Waals surface area contributed by atoms with Crippen molar-refractivity contribution in [2.45, 2.75) is 20.0 Å². The van der Waals surface area contributed by atoms with Crippen LogP contribution in [0.4, 0.5) is 10.1 Å². The summed E-state index contributed by atoms with van der Waals surface area (Å²) < 4.78 is 19.1. The van der Waals surface area contributed by atoms with Gasteiger partial charge in [-0.1, -0.05) is 25.4 Å². The Kier molecular flexibility index (Phi) is 3.89. The monoisotopic (exact) mass is 257 g/mol. The van der Waals surface area contributed by atoms with Crippen molar-refractivity contribution in [2.75, 3.05) is 24.6 Å². The van der Waals surface area contributed by atoms with Gasteiger partial charge in [0, 0.05) is 18.8 Å². The molecule has 1 aliphatic rings. The second-order valence-electron chi connectivity index (χ2n) is 4.70. The molecular weight excluding hydrogens is 241 g/mol. The average molecular weight is 258 g/mol. The lowest BCUT2D eigenvalue weighted by atomic mass is 10.1. The molecule has 1 aliphatic heterocycles. The van der Waals surface area contributed by atoms with Crippen LogP contribution in [0.5, 0.6) is 0 Å². The fraction of sp³-hybridized carbons (Fsp3) is 0.538. The molecule has 1 fully saturated rings. The van der Waals surface area contributed by atoms with Crippen LogP contribution in [0.1, 0.15) is 13.8 Å². The van der Waals surface area contributed by atoms with Crippen molar-refractivity contribution in [3.63, 3.8) is 0 Å². The maximum Gasteiger partial charge on any atom is 0.143 e. The van der Waals surface area contributed by atoms with Crippen molar-refractivity contribution in [1.29, 1.82) is 0 Å². The van der Waals surface area contributed by atoms with Crippen LogP contribution in [-0.4, -0.2) is 25.8 Å². The van der Waals surface area contributed by atoms with Gasteiger partial charge in [-0.25, -0.2) is 4.39 Å². The Balaban J connectivity index is 2.13. The van der Waals surface area contributed by atoms with E-state index in [0.29, 0.717) is 12.5 Å². The highest BCUT2D eigenvalue weighted by atomic mass is 35.5. The molecule has 17 heavy (non-hydrogen) atoms. The molecule has 94 valence electrons. The summed E-state index contributed by atoms with van der Waals surface area (Å²) in [6, 6.07) is 4.95. The van der Waals surface area contributed by atoms with Crippen LogP contribution >= 0.6 is 11.6 Å². The Morgan fingerprint density at radius 3 is 2.88 bits per heavy atom. The van der Waals surface area contributed by atoms with E-state index in [0.717, 1.165) is 18.8 Å². The van der Waals surface area contributed by atoms with Crippen molar-refractivity contribution < 1.29 is 9.13 Å². The average Bonchev–Trinajstić information content (AvgIpc) is 2.33. The van der Waals surface area contributed by atoms with Gasteiger partial charge < -0.3 is 9.64 Å². The van der Waals surface area contributed by atoms with Crippen molar-refractivity contribution in [3.05, 3.63) is 29.0 Å². The Hall–Kier alpha value is -0.800. The fourth-order valence-electron chi connectivity index (χ4n) is 1.99. The summed E-state index contributed by atoms with van der Waals surface area (Å²) in [6.07, 6.45) is 0.211. The number of nitrogens with zero attached hydrogens (tertiary/aromatic N) is 1. The van der Waals surface area contributed by atoms with E-state index in [1.807, 2.05) is 6.07 Å². The second-order valence-corrected chi connectivity index (χ2v) is 5.10. The van der Waals surface area contributed by atoms with Crippen molar-refractivity contribution >= 4 is 17.3 Å². The quantitative estimate of drug-likeness (QED) is 0.806. The number of benzene rings is 1. The molecule has 0 radical (unpaired) electrons. The van der Waals surface area contributed by atoms with Gasteiger partial charge in [0.05, 0.1) is 17.7 Å². The number of rotatable bonds is 2. The first-order chi connectivity index (χ1) is 8.08. The van der Waals surface area contributed by atoms with Gasteiger partial charge in [-0.15, -0.1) is 0 Å². The van der Waals surface area contributed by atoms with E-state index >= 15 is 0 Å². The minimum atomic E-state index is -0.364. The van der Waals surface area contributed by atoms with Crippen LogP contribution in [0.25, 0.3) is 0 Å². The van der Waals surface area contributed by atoms with Crippen molar-refractivity contribution in [2.24, 2.45) is 5.92 Å². The SMILES string of the molecule is CC(C)C1CN(c2ccc(Cl)c(F)c2)CCO1. The number of morpholine rings is 1. The van der Waals surface area contributed by atoms with E-state index in [1.54, 1.807) is 6.07 Å². The third-order valence-electron chi connectivity index (χ3n) is 3.11. The van der Waals surface area contributed by atoms with Gasteiger partial charge in [0.15, 0.2) is 0 Å². The molecule has 0 amide bonds. The molecule has 4 heteroatoms. The summed E-state index contributed by atoms with van der Waals surface area (Å²) in [5.41, 5.74) is 0.876. The lowest BCUT2D eigenvalue weighted by Gasteiger charge is -2.36. The van der Waals surface area contributed by atoms with Crippen LogP contribution in [0.2, 0.25) is 5.02 Å². The normalized spacial score (nSPS) is 21.0. The Bertz CT molecular complexity index is 397. The summed E-state index contributed by atoms with van der Waals surface area (Å²) in [6.45, 7) is 6.56. The predicted octanol–water partition coefficient (Wildman–Crippen LogP) is 3.34. The van der Waals surface area contributed by atoms with Crippen LogP contribution in [0.15, 0.2) is 18.2 Å². The molecule has 0 aromatic heterocycles. The second kappa shape index (κ2) is 5.23. The number of hydrogen-bond acceptors (Lipinski definition) is 2. The number of ether oxygens (including phenoxy) is 1. The predicted molar refractivity (Wildman–Crippen MR) is 68.2 cm³/mol. The molecule has 1 aromatic carbocycles. The summed E-state index contributed by atoms with van der Waals surface area (Å²) in [4.78, 5) is 2.15. The van der Waals surface area contributed by atoms with E-state index in [9.17, 15) is 4.39 Å². The first-order valence-corrected chi connectivity index (χ1v) is 6.27. The smallest absolute Gasteiger partial charge is 0.143 e. The Labute approximate surface area is 106 Å². The maximum atomic E-state index is 13.4. The van der Waals surface area contributed by atoms with Gasteiger partial charge in [-0.3, -0.25) is 0 Å². The van der Waals surface area contributed by atoms with Crippen LogP contribution in [0, 0.1) is 11.7 Å². The largest absolute Gasteiger partial charge is 0.374 e. The highest BCUT2D eigenvalue weighted by molar-refractivity contribution is 6.30. The minimum Gasteiger partial charge on any atom is -0.374 e. The molecular formula is C13H17ClFNO. The third-order valence-corrected chi connectivity index (χ3v) is 3.41. The number of hydrogen-bond donors (Lipinski definition) is 0. The van der Waals surface area contributed by atoms with Crippen molar-refractivity contribution in [3.8, 4) is 0 Å². The van der Waals surface area contributed by atoms with Crippen LogP contribution in [-0.2, 0) is 4.74 Å². The fourth-order valence-corrected chi connectivity index (χ4v) is 2.11. The maximum absolute atomic E-state index is 13.4. The first-order valence-electron chi connectivity index (χ1n) is 5.89. The zero-order valence-electron chi connectivity index (χ0n) is 10.1. The number of halogens is 2. The molecule has 1 aromatic rings. The summed E-state index contributed by atoms with van der Waals surface area (Å²) >= 11 is 5.68. The highest BCUT2D eigenvalue weighted by Crippen LogP contribution is 2.24.